The number of nitro groups is 1. The summed E-state index contributed by atoms with van der Waals surface area (Å²) in [7, 11) is 0. The average Bonchev–Trinajstić information content (AvgIpc) is 2.88. The summed E-state index contributed by atoms with van der Waals surface area (Å²) in [5.74, 6) is 0. The van der Waals surface area contributed by atoms with E-state index in [1.807, 2.05) is 19.2 Å². The highest BCUT2D eigenvalue weighted by molar-refractivity contribution is 7.09. The molecule has 0 aliphatic carbocycles. The lowest BCUT2D eigenvalue weighted by molar-refractivity contribution is -0.383. The molecule has 0 bridgehead atoms. The first-order valence-corrected chi connectivity index (χ1v) is 7.66. The number of nitrogens with one attached hydrogen (secondary N) is 2. The molecule has 112 valence electrons. The predicted octanol–water partition coefficient (Wildman–Crippen LogP) is 3.79. The Balaban J connectivity index is 2.19. The van der Waals surface area contributed by atoms with Crippen molar-refractivity contribution in [3.8, 4) is 0 Å². The highest BCUT2D eigenvalue weighted by atomic mass is 32.1. The van der Waals surface area contributed by atoms with Crippen molar-refractivity contribution in [2.24, 2.45) is 0 Å². The largest absolute Gasteiger partial charge is 0.379 e. The quantitative estimate of drug-likeness (QED) is 0.601. The molecule has 1 heterocycles. The van der Waals surface area contributed by atoms with Crippen molar-refractivity contribution in [3.05, 3.63) is 44.4 Å². The number of nitro benzene ring substituents is 1. The van der Waals surface area contributed by atoms with Crippen LogP contribution in [0, 0.1) is 17.0 Å². The minimum Gasteiger partial charge on any atom is -0.379 e. The van der Waals surface area contributed by atoms with Gasteiger partial charge in [-0.25, -0.2) is 4.98 Å². The van der Waals surface area contributed by atoms with Crippen molar-refractivity contribution in [1.29, 1.82) is 0 Å². The number of thiazole rings is 1. The Morgan fingerprint density at radius 1 is 1.33 bits per heavy atom. The molecule has 6 nitrogen and oxygen atoms in total. The third kappa shape index (κ3) is 3.91. The second-order valence-electron chi connectivity index (χ2n) is 4.62. The van der Waals surface area contributed by atoms with Gasteiger partial charge in [0.2, 0.25) is 0 Å². The first-order valence-electron chi connectivity index (χ1n) is 6.78. The summed E-state index contributed by atoms with van der Waals surface area (Å²) in [6, 6.07) is 5.25. The number of nitrogens with zero attached hydrogens (tertiary/aromatic N) is 2. The van der Waals surface area contributed by atoms with E-state index in [9.17, 15) is 10.1 Å². The molecule has 2 rings (SSSR count). The minimum absolute atomic E-state index is 0.0826. The molecule has 7 heteroatoms. The Labute approximate surface area is 127 Å². The number of benzene rings is 1. The summed E-state index contributed by atoms with van der Waals surface area (Å²) >= 11 is 1.54. The molecule has 0 radical (unpaired) electrons. The lowest BCUT2D eigenvalue weighted by atomic mass is 10.2. The number of para-hydroxylation sites is 1. The van der Waals surface area contributed by atoms with Gasteiger partial charge in [-0.05, 0) is 25.5 Å². The van der Waals surface area contributed by atoms with Crippen molar-refractivity contribution in [2.45, 2.75) is 26.8 Å². The van der Waals surface area contributed by atoms with E-state index in [1.165, 1.54) is 0 Å². The number of aromatic nitrogens is 1. The van der Waals surface area contributed by atoms with Gasteiger partial charge in [0.25, 0.3) is 0 Å². The molecule has 0 amide bonds. The zero-order valence-corrected chi connectivity index (χ0v) is 12.9. The number of hydrogen-bond acceptors (Lipinski definition) is 6. The van der Waals surface area contributed by atoms with Crippen LogP contribution in [0.25, 0.3) is 0 Å². The molecule has 0 aliphatic heterocycles. The van der Waals surface area contributed by atoms with Gasteiger partial charge >= 0.3 is 5.69 Å². The van der Waals surface area contributed by atoms with Crippen LogP contribution in [0.3, 0.4) is 0 Å². The fourth-order valence-corrected chi connectivity index (χ4v) is 2.65. The van der Waals surface area contributed by atoms with Crippen LogP contribution in [0.15, 0.2) is 23.6 Å². The van der Waals surface area contributed by atoms with Gasteiger partial charge in [0.1, 0.15) is 16.4 Å². The summed E-state index contributed by atoms with van der Waals surface area (Å²) in [6.45, 7) is 5.13. The normalized spacial score (nSPS) is 10.4. The van der Waals surface area contributed by atoms with Crippen molar-refractivity contribution < 1.29 is 4.92 Å². The van der Waals surface area contributed by atoms with Crippen LogP contribution in [0.4, 0.5) is 17.1 Å². The van der Waals surface area contributed by atoms with Crippen LogP contribution in [0.2, 0.25) is 0 Å². The molecule has 0 atom stereocenters. The molecule has 0 aliphatic rings. The molecular weight excluding hydrogens is 288 g/mol. The highest BCUT2D eigenvalue weighted by Crippen LogP contribution is 2.33. The van der Waals surface area contributed by atoms with Crippen molar-refractivity contribution in [2.75, 3.05) is 17.2 Å². The topological polar surface area (TPSA) is 80.1 Å². The zero-order chi connectivity index (χ0) is 15.2. The van der Waals surface area contributed by atoms with Gasteiger partial charge in [-0.1, -0.05) is 13.0 Å². The molecule has 2 N–H and O–H groups in total. The Hall–Kier alpha value is -2.15. The van der Waals surface area contributed by atoms with Crippen molar-refractivity contribution >= 4 is 28.4 Å². The maximum Gasteiger partial charge on any atom is 0.315 e. The maximum absolute atomic E-state index is 11.3. The SMILES string of the molecule is CCCNc1cccc(NCc2nc(C)cs2)c1[N+](=O)[O-]. The number of hydrogen-bond donors (Lipinski definition) is 2. The van der Waals surface area contributed by atoms with E-state index in [1.54, 1.807) is 29.5 Å². The van der Waals surface area contributed by atoms with E-state index in [0.29, 0.717) is 24.5 Å². The van der Waals surface area contributed by atoms with Gasteiger partial charge in [-0.2, -0.15) is 0 Å². The summed E-state index contributed by atoms with van der Waals surface area (Å²) in [5.41, 5.74) is 2.10. The van der Waals surface area contributed by atoms with Gasteiger partial charge in [-0.15, -0.1) is 11.3 Å². The van der Waals surface area contributed by atoms with Gasteiger partial charge in [0.15, 0.2) is 0 Å². The average molecular weight is 306 g/mol. The van der Waals surface area contributed by atoms with E-state index >= 15 is 0 Å². The Morgan fingerprint density at radius 3 is 2.62 bits per heavy atom. The van der Waals surface area contributed by atoms with E-state index in [2.05, 4.69) is 15.6 Å². The van der Waals surface area contributed by atoms with E-state index < -0.39 is 0 Å². The van der Waals surface area contributed by atoms with Crippen LogP contribution in [0.1, 0.15) is 24.0 Å². The second-order valence-corrected chi connectivity index (χ2v) is 5.56. The van der Waals surface area contributed by atoms with Crippen molar-refractivity contribution in [3.63, 3.8) is 0 Å². The van der Waals surface area contributed by atoms with Gasteiger partial charge in [0.05, 0.1) is 11.5 Å². The molecule has 0 saturated heterocycles. The summed E-state index contributed by atoms with van der Waals surface area (Å²) in [5, 5.41) is 20.4. The van der Waals surface area contributed by atoms with E-state index in [4.69, 9.17) is 0 Å². The molecule has 1 aromatic heterocycles. The smallest absolute Gasteiger partial charge is 0.315 e. The van der Waals surface area contributed by atoms with Crippen LogP contribution in [-0.4, -0.2) is 16.5 Å². The monoisotopic (exact) mass is 306 g/mol. The molecule has 21 heavy (non-hydrogen) atoms. The summed E-state index contributed by atoms with van der Waals surface area (Å²) in [6.07, 6.45) is 0.910. The minimum atomic E-state index is -0.354. The van der Waals surface area contributed by atoms with Crippen LogP contribution in [-0.2, 0) is 6.54 Å². The van der Waals surface area contributed by atoms with Gasteiger partial charge in [0, 0.05) is 17.6 Å². The van der Waals surface area contributed by atoms with Gasteiger partial charge in [-0.3, -0.25) is 10.1 Å². The lowest BCUT2D eigenvalue weighted by Gasteiger charge is -2.10. The number of anilines is 2. The van der Waals surface area contributed by atoms with Gasteiger partial charge < -0.3 is 10.6 Å². The first kappa shape index (κ1) is 15.2. The van der Waals surface area contributed by atoms with E-state index in [-0.39, 0.29) is 10.6 Å². The molecule has 0 unspecified atom stereocenters. The lowest BCUT2D eigenvalue weighted by Crippen LogP contribution is -2.07. The fraction of sp³-hybridized carbons (Fsp3) is 0.357. The van der Waals surface area contributed by atoms with Crippen LogP contribution < -0.4 is 10.6 Å². The Kier molecular flexibility index (Phi) is 5.10. The molecule has 0 saturated carbocycles. The maximum atomic E-state index is 11.3. The fourth-order valence-electron chi connectivity index (χ4n) is 1.94. The Morgan fingerprint density at radius 2 is 2.05 bits per heavy atom. The first-order chi connectivity index (χ1) is 10.1. The third-order valence-electron chi connectivity index (χ3n) is 2.88. The molecular formula is C14H18N4O2S. The predicted molar refractivity (Wildman–Crippen MR) is 86.1 cm³/mol. The summed E-state index contributed by atoms with van der Waals surface area (Å²) in [4.78, 5) is 15.3. The van der Waals surface area contributed by atoms with Crippen molar-refractivity contribution in [1.82, 2.24) is 4.98 Å². The third-order valence-corrected chi connectivity index (χ3v) is 3.85. The zero-order valence-electron chi connectivity index (χ0n) is 12.0. The molecule has 2 aromatic rings. The second kappa shape index (κ2) is 7.03. The highest BCUT2D eigenvalue weighted by Gasteiger charge is 2.19. The van der Waals surface area contributed by atoms with Crippen LogP contribution in [0.5, 0.6) is 0 Å². The van der Waals surface area contributed by atoms with Crippen LogP contribution >= 0.6 is 11.3 Å². The number of rotatable bonds is 7. The Bertz CT molecular complexity index is 627. The number of aryl methyl sites for hydroxylation is 1. The standard InChI is InChI=1S/C14H18N4O2S/c1-3-7-15-11-5-4-6-12(14(11)18(19)20)16-8-13-17-10(2)9-21-13/h4-6,9,15-16H,3,7-8H2,1-2H3. The summed E-state index contributed by atoms with van der Waals surface area (Å²) < 4.78 is 0. The van der Waals surface area contributed by atoms with E-state index in [0.717, 1.165) is 17.1 Å². The molecule has 1 aromatic carbocycles. The molecule has 0 spiro atoms. The molecule has 0 fully saturated rings.